The highest BCUT2D eigenvalue weighted by molar-refractivity contribution is 5.86. The number of nitrogens with zero attached hydrogens (tertiary/aromatic N) is 3. The van der Waals surface area contributed by atoms with Crippen LogP contribution >= 0.6 is 37.2 Å². The minimum atomic E-state index is -0.679. The quantitative estimate of drug-likeness (QED) is 0.551. The molecule has 3 heterocycles. The SMILES string of the molecule is Cl.Cl.Cl.O=C(O)C1CCN(CCNC(=O)N2CCN(C3CCNCC3)CC2)CC1. The topological polar surface area (TPSA) is 88.1 Å². The summed E-state index contributed by atoms with van der Waals surface area (Å²) in [4.78, 5) is 30.0. The molecule has 0 spiro atoms. The molecule has 11 heteroatoms. The number of piperidine rings is 2. The van der Waals surface area contributed by atoms with Crippen molar-refractivity contribution >= 4 is 49.2 Å². The Hall–Kier alpha value is -0.510. The molecule has 3 fully saturated rings. The highest BCUT2D eigenvalue weighted by atomic mass is 35.5. The Morgan fingerprint density at radius 3 is 2.03 bits per heavy atom. The summed E-state index contributed by atoms with van der Waals surface area (Å²) in [7, 11) is 0. The predicted octanol–water partition coefficient (Wildman–Crippen LogP) is 1.13. The minimum absolute atomic E-state index is 0. The van der Waals surface area contributed by atoms with E-state index in [2.05, 4.69) is 20.4 Å². The molecule has 0 aliphatic carbocycles. The molecule has 0 aromatic rings. The van der Waals surface area contributed by atoms with Gasteiger partial charge in [0.15, 0.2) is 0 Å². The lowest BCUT2D eigenvalue weighted by Crippen LogP contribution is -2.56. The standard InChI is InChI=1S/C18H33N5O3.3ClH/c24-17(25)15-3-8-21(9-4-15)10-7-20-18(26)23-13-11-22(12-14-23)16-1-5-19-6-2-16;;;/h15-16,19H,1-14H2,(H,20,26)(H,24,25);3*1H. The van der Waals surface area contributed by atoms with Crippen LogP contribution in [0, 0.1) is 5.92 Å². The molecule has 3 saturated heterocycles. The zero-order chi connectivity index (χ0) is 18.4. The molecule has 0 aromatic carbocycles. The molecule has 2 amide bonds. The van der Waals surface area contributed by atoms with Crippen LogP contribution in [0.2, 0.25) is 0 Å². The van der Waals surface area contributed by atoms with E-state index in [1.807, 2.05) is 4.90 Å². The summed E-state index contributed by atoms with van der Waals surface area (Å²) < 4.78 is 0. The largest absolute Gasteiger partial charge is 0.481 e. The van der Waals surface area contributed by atoms with E-state index >= 15 is 0 Å². The van der Waals surface area contributed by atoms with Crippen molar-refractivity contribution in [3.05, 3.63) is 0 Å². The van der Waals surface area contributed by atoms with E-state index in [0.29, 0.717) is 25.4 Å². The van der Waals surface area contributed by atoms with Gasteiger partial charge < -0.3 is 25.5 Å². The zero-order valence-corrected chi connectivity index (χ0v) is 19.3. The van der Waals surface area contributed by atoms with Crippen LogP contribution in [0.5, 0.6) is 0 Å². The van der Waals surface area contributed by atoms with Crippen LogP contribution in [0.3, 0.4) is 0 Å². The number of halogens is 3. The van der Waals surface area contributed by atoms with Crippen molar-refractivity contribution in [2.24, 2.45) is 5.92 Å². The van der Waals surface area contributed by atoms with E-state index in [9.17, 15) is 9.59 Å². The number of piperazine rings is 1. The molecule has 0 unspecified atom stereocenters. The second-order valence-electron chi connectivity index (χ2n) is 7.69. The number of likely N-dealkylation sites (tertiary alicyclic amines) is 1. The molecule has 0 radical (unpaired) electrons. The Morgan fingerprint density at radius 1 is 0.897 bits per heavy atom. The number of hydrogen-bond acceptors (Lipinski definition) is 5. The van der Waals surface area contributed by atoms with Gasteiger partial charge in [0.25, 0.3) is 0 Å². The van der Waals surface area contributed by atoms with Gasteiger partial charge in [0, 0.05) is 45.3 Å². The van der Waals surface area contributed by atoms with E-state index in [0.717, 1.165) is 58.9 Å². The van der Waals surface area contributed by atoms with Gasteiger partial charge in [-0.05, 0) is 51.9 Å². The van der Waals surface area contributed by atoms with Crippen molar-refractivity contribution in [3.63, 3.8) is 0 Å². The van der Waals surface area contributed by atoms with E-state index in [-0.39, 0.29) is 49.2 Å². The van der Waals surface area contributed by atoms with Crippen LogP contribution in [0.25, 0.3) is 0 Å². The van der Waals surface area contributed by atoms with Crippen molar-refractivity contribution in [2.45, 2.75) is 31.7 Å². The predicted molar refractivity (Wildman–Crippen MR) is 121 cm³/mol. The molecule has 8 nitrogen and oxygen atoms in total. The number of hydrogen-bond donors (Lipinski definition) is 3. The first-order chi connectivity index (χ1) is 12.6. The van der Waals surface area contributed by atoms with Crippen molar-refractivity contribution in [3.8, 4) is 0 Å². The Bertz CT molecular complexity index is 481. The van der Waals surface area contributed by atoms with Gasteiger partial charge in [-0.25, -0.2) is 4.79 Å². The number of carbonyl (C=O) groups is 2. The zero-order valence-electron chi connectivity index (χ0n) is 16.9. The average molecular weight is 477 g/mol. The van der Waals surface area contributed by atoms with Crippen LogP contribution in [-0.4, -0.2) is 103 Å². The third-order valence-electron chi connectivity index (χ3n) is 6.07. The fraction of sp³-hybridized carbons (Fsp3) is 0.889. The molecule has 3 aliphatic heterocycles. The van der Waals surface area contributed by atoms with Gasteiger partial charge in [-0.15, -0.1) is 37.2 Å². The first-order valence-corrected chi connectivity index (χ1v) is 10.1. The van der Waals surface area contributed by atoms with Gasteiger partial charge in [-0.3, -0.25) is 9.69 Å². The van der Waals surface area contributed by atoms with Gasteiger partial charge in [0.1, 0.15) is 0 Å². The highest BCUT2D eigenvalue weighted by Gasteiger charge is 2.27. The number of nitrogens with one attached hydrogen (secondary N) is 2. The third kappa shape index (κ3) is 8.63. The fourth-order valence-electron chi connectivity index (χ4n) is 4.30. The number of carboxylic acid groups (broad SMARTS) is 1. The molecular formula is C18H36Cl3N5O3. The van der Waals surface area contributed by atoms with E-state index in [4.69, 9.17) is 5.11 Å². The van der Waals surface area contributed by atoms with Crippen LogP contribution in [-0.2, 0) is 4.79 Å². The van der Waals surface area contributed by atoms with Crippen LogP contribution in [0.15, 0.2) is 0 Å². The average Bonchev–Trinajstić information content (AvgIpc) is 2.69. The second-order valence-corrected chi connectivity index (χ2v) is 7.69. The highest BCUT2D eigenvalue weighted by Crippen LogP contribution is 2.17. The third-order valence-corrected chi connectivity index (χ3v) is 6.07. The van der Waals surface area contributed by atoms with Gasteiger partial charge >= 0.3 is 12.0 Å². The van der Waals surface area contributed by atoms with Crippen molar-refractivity contribution in [1.82, 2.24) is 25.3 Å². The smallest absolute Gasteiger partial charge is 0.317 e. The molecule has 29 heavy (non-hydrogen) atoms. The second kappa shape index (κ2) is 14.5. The lowest BCUT2D eigenvalue weighted by atomic mass is 9.97. The molecule has 3 aliphatic rings. The first kappa shape index (κ1) is 28.5. The van der Waals surface area contributed by atoms with Gasteiger partial charge in [0.2, 0.25) is 0 Å². The normalized spacial score (nSPS) is 22.0. The van der Waals surface area contributed by atoms with Crippen molar-refractivity contribution in [2.75, 3.05) is 65.4 Å². The molecule has 172 valence electrons. The Morgan fingerprint density at radius 2 is 1.48 bits per heavy atom. The maximum atomic E-state index is 12.4. The van der Waals surface area contributed by atoms with Crippen molar-refractivity contribution in [1.29, 1.82) is 0 Å². The summed E-state index contributed by atoms with van der Waals surface area (Å²) in [6.45, 7) is 8.81. The summed E-state index contributed by atoms with van der Waals surface area (Å²) >= 11 is 0. The Labute approximate surface area is 192 Å². The van der Waals surface area contributed by atoms with Crippen molar-refractivity contribution < 1.29 is 14.7 Å². The summed E-state index contributed by atoms with van der Waals surface area (Å²) in [6, 6.07) is 0.713. The van der Waals surface area contributed by atoms with E-state index < -0.39 is 5.97 Å². The van der Waals surface area contributed by atoms with Crippen LogP contribution in [0.4, 0.5) is 4.79 Å². The molecule has 0 saturated carbocycles. The van der Waals surface area contributed by atoms with E-state index in [1.54, 1.807) is 0 Å². The number of carbonyl (C=O) groups excluding carboxylic acids is 1. The molecule has 0 atom stereocenters. The number of amides is 2. The molecular weight excluding hydrogens is 441 g/mol. The summed E-state index contributed by atoms with van der Waals surface area (Å²) in [6.07, 6.45) is 3.85. The van der Waals surface area contributed by atoms with Gasteiger partial charge in [0.05, 0.1) is 5.92 Å². The Balaban J connectivity index is 0.00000261. The van der Waals surface area contributed by atoms with Crippen LogP contribution < -0.4 is 10.6 Å². The molecule has 0 bridgehead atoms. The maximum absolute atomic E-state index is 12.4. The number of aliphatic carboxylic acids is 1. The number of urea groups is 1. The lowest BCUT2D eigenvalue weighted by Gasteiger charge is -2.40. The van der Waals surface area contributed by atoms with Crippen LogP contribution in [0.1, 0.15) is 25.7 Å². The van der Waals surface area contributed by atoms with Gasteiger partial charge in [-0.2, -0.15) is 0 Å². The Kier molecular flexibility index (Phi) is 14.2. The molecule has 3 rings (SSSR count). The summed E-state index contributed by atoms with van der Waals surface area (Å²) in [5.41, 5.74) is 0. The first-order valence-electron chi connectivity index (χ1n) is 10.1. The van der Waals surface area contributed by atoms with E-state index in [1.165, 1.54) is 12.8 Å². The lowest BCUT2D eigenvalue weighted by molar-refractivity contribution is -0.143. The summed E-state index contributed by atoms with van der Waals surface area (Å²) in [5, 5.41) is 15.5. The fourth-order valence-corrected chi connectivity index (χ4v) is 4.30. The summed E-state index contributed by atoms with van der Waals surface area (Å²) in [5.74, 6) is -0.876. The number of rotatable bonds is 5. The molecule has 3 N–H and O–H groups in total. The monoisotopic (exact) mass is 475 g/mol. The van der Waals surface area contributed by atoms with Gasteiger partial charge in [-0.1, -0.05) is 0 Å². The number of carboxylic acids is 1. The molecule has 0 aromatic heterocycles. The minimum Gasteiger partial charge on any atom is -0.481 e. The maximum Gasteiger partial charge on any atom is 0.317 e.